The average Bonchev–Trinajstić information content (AvgIpc) is 2.50. The average molecular weight is 166 g/mol. The van der Waals surface area contributed by atoms with E-state index in [1.165, 1.54) is 0 Å². The molecule has 0 aromatic carbocycles. The summed E-state index contributed by atoms with van der Waals surface area (Å²) in [4.78, 5) is 11.4. The van der Waals surface area contributed by atoms with Gasteiger partial charge in [0.05, 0.1) is 0 Å². The van der Waals surface area contributed by atoms with Gasteiger partial charge in [-0.05, 0) is 13.0 Å². The molecule has 0 aliphatic carbocycles. The van der Waals surface area contributed by atoms with Crippen LogP contribution < -0.4 is 0 Å². The van der Waals surface area contributed by atoms with E-state index in [-0.39, 0.29) is 11.7 Å². The third-order valence-corrected chi connectivity index (χ3v) is 1.74. The summed E-state index contributed by atoms with van der Waals surface area (Å²) in [5.41, 5.74) is 0.576. The van der Waals surface area contributed by atoms with Crippen LogP contribution in [0.2, 0.25) is 0 Å². The van der Waals surface area contributed by atoms with Crippen molar-refractivity contribution in [2.45, 2.75) is 27.3 Å². The van der Waals surface area contributed by atoms with Crippen LogP contribution in [0.5, 0.6) is 0 Å². The van der Waals surface area contributed by atoms with Crippen LogP contribution in [0.3, 0.4) is 0 Å². The van der Waals surface area contributed by atoms with E-state index in [1.807, 2.05) is 27.0 Å². The normalized spacial score (nSPS) is 10.7. The van der Waals surface area contributed by atoms with Gasteiger partial charge in [0, 0.05) is 18.7 Å². The summed E-state index contributed by atoms with van der Waals surface area (Å²) in [5.74, 6) is 0.146. The monoisotopic (exact) mass is 166 g/mol. The number of hydrogen-bond acceptors (Lipinski definition) is 2. The van der Waals surface area contributed by atoms with Crippen LogP contribution in [0.1, 0.15) is 31.3 Å². The predicted octanol–water partition coefficient (Wildman–Crippen LogP) is 1.74. The highest BCUT2D eigenvalue weighted by atomic mass is 16.1. The van der Waals surface area contributed by atoms with Crippen molar-refractivity contribution in [3.8, 4) is 0 Å². The van der Waals surface area contributed by atoms with Gasteiger partial charge in [-0.1, -0.05) is 13.8 Å². The summed E-state index contributed by atoms with van der Waals surface area (Å²) in [6.07, 6.45) is 1.83. The van der Waals surface area contributed by atoms with Gasteiger partial charge in [-0.3, -0.25) is 9.48 Å². The van der Waals surface area contributed by atoms with E-state index in [0.29, 0.717) is 5.69 Å². The quantitative estimate of drug-likeness (QED) is 0.641. The lowest BCUT2D eigenvalue weighted by Crippen LogP contribution is -2.09. The van der Waals surface area contributed by atoms with Crippen molar-refractivity contribution in [1.82, 2.24) is 9.78 Å². The molecule has 0 aliphatic rings. The van der Waals surface area contributed by atoms with Gasteiger partial charge < -0.3 is 0 Å². The molecule has 0 fully saturated rings. The zero-order valence-electron chi connectivity index (χ0n) is 7.74. The number of aryl methyl sites for hydroxylation is 1. The Morgan fingerprint density at radius 2 is 2.33 bits per heavy atom. The first-order valence-corrected chi connectivity index (χ1v) is 4.22. The van der Waals surface area contributed by atoms with Gasteiger partial charge in [0.1, 0.15) is 5.69 Å². The molecule has 1 heterocycles. The largest absolute Gasteiger partial charge is 0.292 e. The zero-order valence-corrected chi connectivity index (χ0v) is 7.74. The predicted molar refractivity (Wildman–Crippen MR) is 47.1 cm³/mol. The van der Waals surface area contributed by atoms with E-state index >= 15 is 0 Å². The fourth-order valence-corrected chi connectivity index (χ4v) is 0.965. The first-order chi connectivity index (χ1) is 5.65. The molecule has 0 bridgehead atoms. The molecule has 0 spiro atoms. The number of rotatable bonds is 3. The molecule has 0 N–H and O–H groups in total. The molecule has 12 heavy (non-hydrogen) atoms. The third kappa shape index (κ3) is 1.72. The fourth-order valence-electron chi connectivity index (χ4n) is 0.965. The molecule has 0 aliphatic heterocycles. The minimum Gasteiger partial charge on any atom is -0.292 e. The topological polar surface area (TPSA) is 34.9 Å². The van der Waals surface area contributed by atoms with Gasteiger partial charge in [0.2, 0.25) is 0 Å². The van der Waals surface area contributed by atoms with Crippen LogP contribution in [0.4, 0.5) is 0 Å². The maximum absolute atomic E-state index is 11.4. The summed E-state index contributed by atoms with van der Waals surface area (Å²) in [6, 6.07) is 1.77. The number of Topliss-reactive ketones (excluding diaryl/α,β-unsaturated/α-hetero) is 1. The molecular weight excluding hydrogens is 152 g/mol. The molecule has 0 saturated carbocycles. The van der Waals surface area contributed by atoms with Crippen molar-refractivity contribution in [3.63, 3.8) is 0 Å². The molecule has 1 aromatic heterocycles. The molecule has 0 radical (unpaired) electrons. The molecule has 0 atom stereocenters. The Morgan fingerprint density at radius 1 is 1.67 bits per heavy atom. The van der Waals surface area contributed by atoms with Crippen LogP contribution in [0.25, 0.3) is 0 Å². The summed E-state index contributed by atoms with van der Waals surface area (Å²) in [6.45, 7) is 6.57. The fraction of sp³-hybridized carbons (Fsp3) is 0.556. The van der Waals surface area contributed by atoms with Crippen LogP contribution in [0.15, 0.2) is 12.3 Å². The van der Waals surface area contributed by atoms with Crippen molar-refractivity contribution >= 4 is 5.78 Å². The first-order valence-electron chi connectivity index (χ1n) is 4.22. The van der Waals surface area contributed by atoms with Crippen molar-refractivity contribution < 1.29 is 4.79 Å². The molecule has 3 heteroatoms. The van der Waals surface area contributed by atoms with Crippen molar-refractivity contribution in [3.05, 3.63) is 18.0 Å². The molecule has 0 saturated heterocycles. The number of ketones is 1. The number of hydrogen-bond donors (Lipinski definition) is 0. The molecule has 1 rings (SSSR count). The Balaban J connectivity index is 2.82. The Kier molecular flexibility index (Phi) is 2.63. The highest BCUT2D eigenvalue weighted by molar-refractivity contribution is 5.95. The summed E-state index contributed by atoms with van der Waals surface area (Å²) < 4.78 is 1.76. The van der Waals surface area contributed by atoms with Crippen LogP contribution in [0, 0.1) is 5.92 Å². The minimum atomic E-state index is 0.0326. The summed E-state index contributed by atoms with van der Waals surface area (Å²) >= 11 is 0. The third-order valence-electron chi connectivity index (χ3n) is 1.74. The second kappa shape index (κ2) is 3.52. The smallest absolute Gasteiger partial charge is 0.185 e. The molecule has 0 amide bonds. The lowest BCUT2D eigenvalue weighted by molar-refractivity contribution is 0.0933. The van der Waals surface area contributed by atoms with E-state index in [1.54, 1.807) is 10.7 Å². The number of carbonyl (C=O) groups excluding carboxylic acids is 1. The Labute approximate surface area is 72.4 Å². The first kappa shape index (κ1) is 8.97. The number of carbonyl (C=O) groups is 1. The van der Waals surface area contributed by atoms with Crippen LogP contribution in [-0.2, 0) is 6.54 Å². The van der Waals surface area contributed by atoms with E-state index in [9.17, 15) is 4.79 Å². The van der Waals surface area contributed by atoms with E-state index in [0.717, 1.165) is 6.54 Å². The lowest BCUT2D eigenvalue weighted by atomic mass is 10.1. The van der Waals surface area contributed by atoms with E-state index < -0.39 is 0 Å². The second-order valence-corrected chi connectivity index (χ2v) is 3.08. The molecule has 0 unspecified atom stereocenters. The summed E-state index contributed by atoms with van der Waals surface area (Å²) in [5, 5.41) is 4.12. The summed E-state index contributed by atoms with van der Waals surface area (Å²) in [7, 11) is 0. The molecule has 66 valence electrons. The maximum Gasteiger partial charge on any atom is 0.185 e. The Hall–Kier alpha value is -1.12. The van der Waals surface area contributed by atoms with Gasteiger partial charge in [0.15, 0.2) is 5.78 Å². The maximum atomic E-state index is 11.4. The lowest BCUT2D eigenvalue weighted by Gasteiger charge is -1.98. The van der Waals surface area contributed by atoms with Crippen molar-refractivity contribution in [1.29, 1.82) is 0 Å². The minimum absolute atomic E-state index is 0.0326. The van der Waals surface area contributed by atoms with Crippen molar-refractivity contribution in [2.75, 3.05) is 0 Å². The van der Waals surface area contributed by atoms with E-state index in [2.05, 4.69) is 5.10 Å². The van der Waals surface area contributed by atoms with Gasteiger partial charge >= 0.3 is 0 Å². The standard InChI is InChI=1S/C9H14N2O/c1-4-11-6-5-8(10-11)9(12)7(2)3/h5-7H,4H2,1-3H3. The van der Waals surface area contributed by atoms with Gasteiger partial charge in [-0.15, -0.1) is 0 Å². The highest BCUT2D eigenvalue weighted by Gasteiger charge is 2.12. The Bertz CT molecular complexity index is 276. The second-order valence-electron chi connectivity index (χ2n) is 3.08. The van der Waals surface area contributed by atoms with Crippen LogP contribution in [-0.4, -0.2) is 15.6 Å². The molecule has 1 aromatic rings. The van der Waals surface area contributed by atoms with Crippen LogP contribution >= 0.6 is 0 Å². The zero-order chi connectivity index (χ0) is 9.14. The van der Waals surface area contributed by atoms with Gasteiger partial charge in [0.25, 0.3) is 0 Å². The number of nitrogens with zero attached hydrogens (tertiary/aromatic N) is 2. The van der Waals surface area contributed by atoms with Gasteiger partial charge in [-0.2, -0.15) is 5.10 Å². The molecular formula is C9H14N2O. The van der Waals surface area contributed by atoms with Crippen molar-refractivity contribution in [2.24, 2.45) is 5.92 Å². The molecule has 3 nitrogen and oxygen atoms in total. The van der Waals surface area contributed by atoms with E-state index in [4.69, 9.17) is 0 Å². The SMILES string of the molecule is CCn1ccc(C(=O)C(C)C)n1. The van der Waals surface area contributed by atoms with Gasteiger partial charge in [-0.25, -0.2) is 0 Å². The Morgan fingerprint density at radius 3 is 2.75 bits per heavy atom. The highest BCUT2D eigenvalue weighted by Crippen LogP contribution is 2.05. The number of aromatic nitrogens is 2.